The number of rotatable bonds is 3. The highest BCUT2D eigenvalue weighted by Crippen LogP contribution is 2.38. The molecule has 0 fully saturated rings. The second-order valence-electron chi connectivity index (χ2n) is 2.84. The van der Waals surface area contributed by atoms with Crippen LogP contribution in [0.1, 0.15) is 0 Å². The molecule has 0 bridgehead atoms. The summed E-state index contributed by atoms with van der Waals surface area (Å²) in [6, 6.07) is 0.401. The molecular weight excluding hydrogens is 340 g/mol. The van der Waals surface area contributed by atoms with Crippen molar-refractivity contribution in [3.63, 3.8) is 0 Å². The van der Waals surface area contributed by atoms with Crippen molar-refractivity contribution in [2.24, 2.45) is 0 Å². The molecule has 0 atom stereocenters. The molecule has 19 heavy (non-hydrogen) atoms. The second-order valence-corrected chi connectivity index (χ2v) is 5.76. The summed E-state index contributed by atoms with van der Waals surface area (Å²) in [5, 5.41) is 8.50. The van der Waals surface area contributed by atoms with E-state index < -0.39 is 42.0 Å². The summed E-state index contributed by atoms with van der Waals surface area (Å²) >= 11 is 5.30. The van der Waals surface area contributed by atoms with Crippen molar-refractivity contribution in [3.8, 4) is 5.75 Å². The van der Waals surface area contributed by atoms with Gasteiger partial charge in [0.25, 0.3) is 5.03 Å². The Morgan fingerprint density at radius 1 is 1.42 bits per heavy atom. The first-order valence-corrected chi connectivity index (χ1v) is 6.66. The maximum Gasteiger partial charge on any atom is 0.573 e. The van der Waals surface area contributed by atoms with E-state index in [4.69, 9.17) is 22.3 Å². The van der Waals surface area contributed by atoms with Crippen LogP contribution in [-0.2, 0) is 9.05 Å². The molecule has 0 amide bonds. The van der Waals surface area contributed by atoms with Crippen LogP contribution in [0, 0.1) is 10.1 Å². The van der Waals surface area contributed by atoms with Crippen LogP contribution >= 0.6 is 22.3 Å². The minimum absolute atomic E-state index is 0.401. The average molecular weight is 341 g/mol. The zero-order valence-electron chi connectivity index (χ0n) is 8.31. The summed E-state index contributed by atoms with van der Waals surface area (Å²) in [7, 11) is 0.352. The molecule has 0 spiro atoms. The molecule has 7 nitrogen and oxygen atoms in total. The third kappa shape index (κ3) is 4.08. The van der Waals surface area contributed by atoms with Gasteiger partial charge in [-0.15, -0.1) is 13.2 Å². The predicted octanol–water partition coefficient (Wildman–Crippen LogP) is 2.47. The summed E-state index contributed by atoms with van der Waals surface area (Å²) in [5.74, 6) is -2.95. The predicted molar refractivity (Wildman–Crippen MR) is 55.6 cm³/mol. The van der Waals surface area contributed by atoms with E-state index in [1.54, 1.807) is 0 Å². The van der Waals surface area contributed by atoms with E-state index in [1.165, 1.54) is 0 Å². The van der Waals surface area contributed by atoms with Gasteiger partial charge in [-0.25, -0.2) is 8.42 Å². The van der Waals surface area contributed by atoms with E-state index in [1.807, 2.05) is 0 Å². The molecule has 0 aromatic carbocycles. The highest BCUT2D eigenvalue weighted by molar-refractivity contribution is 8.13. The van der Waals surface area contributed by atoms with Crippen molar-refractivity contribution < 1.29 is 31.2 Å². The van der Waals surface area contributed by atoms with Gasteiger partial charge in [0.2, 0.25) is 5.75 Å². The normalized spacial score (nSPS) is 12.3. The summed E-state index contributed by atoms with van der Waals surface area (Å²) < 4.78 is 61.2. The average Bonchev–Trinajstić information content (AvgIpc) is 2.16. The molecule has 0 aliphatic carbocycles. The lowest BCUT2D eigenvalue weighted by molar-refractivity contribution is -0.393. The van der Waals surface area contributed by atoms with E-state index in [2.05, 4.69) is 9.72 Å². The number of aromatic nitrogens is 1. The molecular formula is C6HCl2F3N2O5S. The van der Waals surface area contributed by atoms with Gasteiger partial charge in [-0.05, 0) is 9.91 Å². The quantitative estimate of drug-likeness (QED) is 0.476. The third-order valence-corrected chi connectivity index (χ3v) is 2.99. The van der Waals surface area contributed by atoms with Crippen molar-refractivity contribution >= 4 is 37.2 Å². The Balaban J connectivity index is 3.53. The Labute approximate surface area is 112 Å². The molecule has 0 unspecified atom stereocenters. The van der Waals surface area contributed by atoms with Crippen LogP contribution < -0.4 is 4.74 Å². The summed E-state index contributed by atoms with van der Waals surface area (Å²) in [4.78, 5) is 12.0. The van der Waals surface area contributed by atoms with Gasteiger partial charge in [0.15, 0.2) is 0 Å². The molecule has 0 N–H and O–H groups in total. The highest BCUT2D eigenvalue weighted by atomic mass is 35.7. The Morgan fingerprint density at radius 3 is 2.32 bits per heavy atom. The largest absolute Gasteiger partial charge is 0.573 e. The Bertz CT molecular complexity index is 632. The lowest BCUT2D eigenvalue weighted by atomic mass is 10.4. The number of hydrogen-bond donors (Lipinski definition) is 0. The van der Waals surface area contributed by atoms with Crippen LogP contribution in [0.5, 0.6) is 5.75 Å². The van der Waals surface area contributed by atoms with E-state index in [9.17, 15) is 31.7 Å². The van der Waals surface area contributed by atoms with E-state index in [-0.39, 0.29) is 0 Å². The molecule has 0 saturated carbocycles. The monoisotopic (exact) mass is 340 g/mol. The van der Waals surface area contributed by atoms with Crippen molar-refractivity contribution in [3.05, 3.63) is 21.2 Å². The molecule has 1 heterocycles. The summed E-state index contributed by atoms with van der Waals surface area (Å²) in [5.41, 5.74) is 0. The molecule has 1 aromatic heterocycles. The van der Waals surface area contributed by atoms with Gasteiger partial charge in [-0.2, -0.15) is 0 Å². The van der Waals surface area contributed by atoms with Gasteiger partial charge in [0.05, 0.1) is 5.02 Å². The number of ether oxygens (including phenoxy) is 1. The zero-order chi connectivity index (χ0) is 15.0. The SMILES string of the molecule is O=[N+]([O-])c1nc(S(=O)(=O)Cl)cc(Cl)c1OC(F)(F)F. The highest BCUT2D eigenvalue weighted by Gasteiger charge is 2.38. The van der Waals surface area contributed by atoms with Crippen molar-refractivity contribution in [1.29, 1.82) is 0 Å². The molecule has 0 aliphatic rings. The lowest BCUT2D eigenvalue weighted by Crippen LogP contribution is -2.19. The number of alkyl halides is 3. The number of pyridine rings is 1. The van der Waals surface area contributed by atoms with Gasteiger partial charge in [0.1, 0.15) is 0 Å². The first kappa shape index (κ1) is 15.7. The minimum atomic E-state index is -5.27. The molecule has 13 heteroatoms. The lowest BCUT2D eigenvalue weighted by Gasteiger charge is -2.10. The fraction of sp³-hybridized carbons (Fsp3) is 0.167. The fourth-order valence-corrected chi connectivity index (χ4v) is 1.91. The van der Waals surface area contributed by atoms with Crippen molar-refractivity contribution in [1.82, 2.24) is 4.98 Å². The smallest absolute Gasteiger partial charge is 0.395 e. The Hall–Kier alpha value is -1.33. The molecule has 0 aliphatic heterocycles. The molecule has 0 radical (unpaired) electrons. The molecule has 106 valence electrons. The first-order valence-electron chi connectivity index (χ1n) is 3.97. The van der Waals surface area contributed by atoms with Crippen molar-refractivity contribution in [2.75, 3.05) is 0 Å². The summed E-state index contributed by atoms with van der Waals surface area (Å²) in [6.07, 6.45) is -5.27. The third-order valence-electron chi connectivity index (χ3n) is 1.53. The van der Waals surface area contributed by atoms with E-state index >= 15 is 0 Å². The molecule has 1 aromatic rings. The van der Waals surface area contributed by atoms with Gasteiger partial charge in [-0.1, -0.05) is 11.6 Å². The van der Waals surface area contributed by atoms with Crippen molar-refractivity contribution in [2.45, 2.75) is 11.4 Å². The topological polar surface area (TPSA) is 99.4 Å². The Morgan fingerprint density at radius 2 is 1.95 bits per heavy atom. The molecule has 0 saturated heterocycles. The number of hydrogen-bond acceptors (Lipinski definition) is 6. The van der Waals surface area contributed by atoms with Gasteiger partial charge >= 0.3 is 21.2 Å². The van der Waals surface area contributed by atoms with Crippen LogP contribution in [0.15, 0.2) is 11.1 Å². The zero-order valence-corrected chi connectivity index (χ0v) is 10.6. The van der Waals surface area contributed by atoms with Crippen LogP contribution in [0.2, 0.25) is 5.02 Å². The summed E-state index contributed by atoms with van der Waals surface area (Å²) in [6.45, 7) is 0. The maximum absolute atomic E-state index is 12.0. The van der Waals surface area contributed by atoms with Crippen LogP contribution in [0.3, 0.4) is 0 Å². The van der Waals surface area contributed by atoms with E-state index in [0.29, 0.717) is 6.07 Å². The van der Waals surface area contributed by atoms with E-state index in [0.717, 1.165) is 0 Å². The van der Waals surface area contributed by atoms with Crippen LogP contribution in [0.25, 0.3) is 0 Å². The number of halogens is 5. The van der Waals surface area contributed by atoms with Gasteiger partial charge < -0.3 is 14.9 Å². The second kappa shape index (κ2) is 4.98. The fourth-order valence-electron chi connectivity index (χ4n) is 0.927. The molecule has 1 rings (SSSR count). The number of nitrogens with zero attached hydrogens (tertiary/aromatic N) is 2. The first-order chi connectivity index (χ1) is 8.42. The van der Waals surface area contributed by atoms with Gasteiger partial charge in [-0.3, -0.25) is 0 Å². The maximum atomic E-state index is 12.0. The number of nitro groups is 1. The standard InChI is InChI=1S/C6HCl2F3N2O5S/c7-2-1-3(19(8,16)17)12-5(13(14)15)4(2)18-6(9,10)11/h1H. The minimum Gasteiger partial charge on any atom is -0.395 e. The van der Waals surface area contributed by atoms with Crippen LogP contribution in [0.4, 0.5) is 19.0 Å². The Kier molecular flexibility index (Phi) is 4.12. The van der Waals surface area contributed by atoms with Gasteiger partial charge in [0, 0.05) is 16.7 Å². The van der Waals surface area contributed by atoms with Crippen LogP contribution in [-0.4, -0.2) is 24.7 Å².